The summed E-state index contributed by atoms with van der Waals surface area (Å²) in [6.45, 7) is 9.98. The fourth-order valence-corrected chi connectivity index (χ4v) is 2.71. The Hall–Kier alpha value is 0.109. The molecule has 13 nitrogen and oxygen atoms in total. The molecular formula is C16H35Cl2CuN5O8. The van der Waals surface area contributed by atoms with Crippen LogP contribution < -0.4 is 28.0 Å². The minimum atomic E-state index is -4.69. The fourth-order valence-electron chi connectivity index (χ4n) is 2.71. The first-order valence-electron chi connectivity index (χ1n) is 9.53. The van der Waals surface area contributed by atoms with Crippen molar-refractivity contribution in [3.8, 4) is 6.07 Å². The van der Waals surface area contributed by atoms with Crippen LogP contribution in [0.3, 0.4) is 0 Å². The monoisotopic (exact) mass is 558 g/mol. The molecule has 0 aliphatic carbocycles. The smallest absolute Gasteiger partial charge is 0.0777 e. The quantitative estimate of drug-likeness (QED) is 0.301. The van der Waals surface area contributed by atoms with Gasteiger partial charge in [0.05, 0.1) is 35.9 Å². The minimum absolute atomic E-state index is 0. The van der Waals surface area contributed by atoms with Gasteiger partial charge in [-0.15, -0.1) is 0 Å². The van der Waals surface area contributed by atoms with E-state index in [1.54, 1.807) is 0 Å². The first-order chi connectivity index (χ1) is 14.1. The van der Waals surface area contributed by atoms with Gasteiger partial charge in [-0.2, -0.15) is 33.2 Å². The Morgan fingerprint density at radius 1 is 0.688 bits per heavy atom. The topological polar surface area (TPSA) is 216 Å². The summed E-state index contributed by atoms with van der Waals surface area (Å²) in [6, 6.07) is 2.27. The van der Waals surface area contributed by atoms with E-state index in [-0.39, 0.29) is 17.1 Å². The van der Waals surface area contributed by atoms with Crippen LogP contribution in [0.4, 0.5) is 0 Å². The van der Waals surface area contributed by atoms with Crippen LogP contribution in [0.15, 0.2) is 0 Å². The van der Waals surface area contributed by atoms with Crippen LogP contribution in [-0.2, 0) is 17.1 Å². The van der Waals surface area contributed by atoms with Crippen molar-refractivity contribution in [1.82, 2.24) is 19.6 Å². The second-order valence-electron chi connectivity index (χ2n) is 7.16. The molecule has 2 N–H and O–H groups in total. The number of nitrogens with zero attached hydrogens (tertiary/aromatic N) is 5. The maximum Gasteiger partial charge on any atom is 0.0777 e. The Kier molecular flexibility index (Phi) is 23.5. The maximum absolute atomic E-state index is 8.79. The molecule has 32 heavy (non-hydrogen) atoms. The van der Waals surface area contributed by atoms with E-state index >= 15 is 0 Å². The van der Waals surface area contributed by atoms with Crippen molar-refractivity contribution in [2.75, 3.05) is 80.0 Å². The third-order valence-corrected chi connectivity index (χ3v) is 4.30. The Balaban J connectivity index is -0.000000640. The third kappa shape index (κ3) is 37.4. The number of rotatable bonds is 2. The SMILES string of the molecule is CN1CCCN(C)CCN(CCC#N)CCCN(C)CC1.[Cu].[O-][Cl+3]([O-])([O-])O.[O-][Cl+3]([O-])([O-])O. The molecule has 0 bridgehead atoms. The molecule has 0 saturated carbocycles. The Morgan fingerprint density at radius 2 is 1.00 bits per heavy atom. The van der Waals surface area contributed by atoms with Crippen LogP contribution in [0.25, 0.3) is 0 Å². The molecule has 1 heterocycles. The van der Waals surface area contributed by atoms with Gasteiger partial charge in [-0.05, 0) is 60.2 Å². The summed E-state index contributed by atoms with van der Waals surface area (Å²) in [4.78, 5) is 9.74. The molecule has 0 aromatic heterocycles. The summed E-state index contributed by atoms with van der Waals surface area (Å²) in [7, 11) is -2.74. The molecule has 0 unspecified atom stereocenters. The molecule has 0 amide bonds. The molecule has 1 saturated heterocycles. The van der Waals surface area contributed by atoms with Gasteiger partial charge in [-0.25, -0.2) is 0 Å². The van der Waals surface area contributed by atoms with E-state index in [4.69, 9.17) is 42.5 Å². The van der Waals surface area contributed by atoms with Crippen LogP contribution in [-0.4, -0.2) is 109 Å². The molecule has 197 valence electrons. The number of hydrogen-bond acceptors (Lipinski definition) is 13. The summed E-state index contributed by atoms with van der Waals surface area (Å²) in [5.41, 5.74) is 0. The van der Waals surface area contributed by atoms with Crippen LogP contribution in [0.1, 0.15) is 19.3 Å². The fraction of sp³-hybridized carbons (Fsp3) is 0.938. The maximum atomic E-state index is 8.79. The van der Waals surface area contributed by atoms with E-state index in [1.165, 1.54) is 19.4 Å². The summed E-state index contributed by atoms with van der Waals surface area (Å²) >= 11 is 0. The van der Waals surface area contributed by atoms with Crippen LogP contribution in [0, 0.1) is 31.8 Å². The Morgan fingerprint density at radius 3 is 1.34 bits per heavy atom. The molecule has 0 aromatic rings. The summed E-state index contributed by atoms with van der Waals surface area (Å²) in [5, 5.41) is 8.79. The van der Waals surface area contributed by atoms with Gasteiger partial charge >= 0.3 is 0 Å². The first-order valence-corrected chi connectivity index (χ1v) is 12.1. The predicted molar refractivity (Wildman–Crippen MR) is 92.8 cm³/mol. The first kappa shape index (κ1) is 36.7. The number of hydrogen-bond donors (Lipinski definition) is 2. The Bertz CT molecular complexity index is 459. The van der Waals surface area contributed by atoms with Crippen molar-refractivity contribution < 1.29 is 74.8 Å². The standard InChI is InChI=1S/C16H33N5.2ClHO4.Cu/c1-18-8-5-9-20(3)15-16-21(11-4-7-17)12-6-10-19(2)14-13-18;2*2-1(3,4)5;/h4-6,8-16H2,1-3H3;2*(H,2,3,4,5);. The van der Waals surface area contributed by atoms with Gasteiger partial charge in [0.2, 0.25) is 0 Å². The van der Waals surface area contributed by atoms with Crippen molar-refractivity contribution in [2.45, 2.75) is 19.3 Å². The summed E-state index contributed by atoms with van der Waals surface area (Å²) in [6.07, 6.45) is 3.06. The second kappa shape index (κ2) is 20.5. The van der Waals surface area contributed by atoms with E-state index in [9.17, 15) is 0 Å². The van der Waals surface area contributed by atoms with Gasteiger partial charge in [0.1, 0.15) is 0 Å². The van der Waals surface area contributed by atoms with Crippen LogP contribution >= 0.6 is 0 Å². The zero-order valence-electron chi connectivity index (χ0n) is 18.6. The van der Waals surface area contributed by atoms with E-state index in [1.807, 2.05) is 0 Å². The van der Waals surface area contributed by atoms with Crippen molar-refractivity contribution in [3.63, 3.8) is 0 Å². The minimum Gasteiger partial charge on any atom is -0.305 e. The van der Waals surface area contributed by atoms with Crippen molar-refractivity contribution >= 4 is 0 Å². The summed E-state index contributed by atoms with van der Waals surface area (Å²) in [5.74, 6) is 0. The van der Waals surface area contributed by atoms with E-state index in [0.717, 1.165) is 52.4 Å². The zero-order chi connectivity index (χ0) is 24.5. The van der Waals surface area contributed by atoms with Gasteiger partial charge in [0.25, 0.3) is 0 Å². The zero-order valence-corrected chi connectivity index (χ0v) is 21.1. The molecule has 16 heteroatoms. The van der Waals surface area contributed by atoms with Crippen LogP contribution in [0.2, 0.25) is 0 Å². The number of likely N-dealkylation sites (N-methyl/N-ethyl adjacent to an activating group) is 3. The molecule has 0 spiro atoms. The largest absolute Gasteiger partial charge is 0.305 e. The molecule has 1 fully saturated rings. The van der Waals surface area contributed by atoms with Crippen LogP contribution in [0.5, 0.6) is 0 Å². The molecule has 1 aliphatic rings. The normalized spacial score (nSPS) is 19.2. The molecule has 1 radical (unpaired) electrons. The van der Waals surface area contributed by atoms with Gasteiger partial charge in [-0.3, -0.25) is 0 Å². The molecule has 1 rings (SSSR count). The average molecular weight is 560 g/mol. The molecule has 0 atom stereocenters. The molecular weight excluding hydrogens is 525 g/mol. The van der Waals surface area contributed by atoms with E-state index in [0.29, 0.717) is 6.42 Å². The molecule has 1 aliphatic heterocycles. The van der Waals surface area contributed by atoms with E-state index in [2.05, 4.69) is 46.8 Å². The van der Waals surface area contributed by atoms with Gasteiger partial charge in [0, 0.05) is 56.2 Å². The van der Waals surface area contributed by atoms with Crippen molar-refractivity contribution in [1.29, 1.82) is 5.26 Å². The predicted octanol–water partition coefficient (Wildman–Crippen LogP) is -7.46. The van der Waals surface area contributed by atoms with Gasteiger partial charge < -0.3 is 19.6 Å². The van der Waals surface area contributed by atoms with Gasteiger partial charge in [0.15, 0.2) is 0 Å². The third-order valence-electron chi connectivity index (χ3n) is 4.30. The van der Waals surface area contributed by atoms with Gasteiger partial charge in [-0.1, -0.05) is 0 Å². The van der Waals surface area contributed by atoms with E-state index < -0.39 is 20.5 Å². The van der Waals surface area contributed by atoms with Crippen molar-refractivity contribution in [3.05, 3.63) is 0 Å². The molecule has 0 aromatic carbocycles. The number of halogens is 2. The van der Waals surface area contributed by atoms with Crippen molar-refractivity contribution in [2.24, 2.45) is 0 Å². The Labute approximate surface area is 205 Å². The summed E-state index contributed by atoms with van der Waals surface area (Å²) < 4.78 is 65.4. The number of nitriles is 1. The average Bonchev–Trinajstić information content (AvgIpc) is 2.58. The second-order valence-corrected chi connectivity index (χ2v) is 8.74.